The molecular formula is C20H25N3O4. The largest absolute Gasteiger partial charge is 0.376 e. The second-order valence-corrected chi connectivity index (χ2v) is 6.88. The third-order valence-corrected chi connectivity index (χ3v) is 4.90. The Hall–Kier alpha value is -2.67. The van der Waals surface area contributed by atoms with Crippen molar-refractivity contribution in [1.29, 1.82) is 0 Å². The smallest absolute Gasteiger partial charge is 0.328 e. The summed E-state index contributed by atoms with van der Waals surface area (Å²) in [4.78, 5) is 39.1. The van der Waals surface area contributed by atoms with Crippen LogP contribution in [0, 0.1) is 5.92 Å². The van der Waals surface area contributed by atoms with Crippen LogP contribution in [0.5, 0.6) is 0 Å². The van der Waals surface area contributed by atoms with Gasteiger partial charge in [-0.2, -0.15) is 0 Å². The Morgan fingerprint density at radius 3 is 2.56 bits per heavy atom. The van der Waals surface area contributed by atoms with Crippen molar-refractivity contribution in [3.8, 4) is 0 Å². The highest BCUT2D eigenvalue weighted by Gasteiger charge is 2.22. The normalized spacial score (nSPS) is 15.0. The summed E-state index contributed by atoms with van der Waals surface area (Å²) in [7, 11) is 0. The van der Waals surface area contributed by atoms with Crippen molar-refractivity contribution in [1.82, 2.24) is 14.5 Å². The van der Waals surface area contributed by atoms with Crippen LogP contribution in [-0.2, 0) is 22.7 Å². The van der Waals surface area contributed by atoms with E-state index in [1.165, 1.54) is 22.4 Å². The van der Waals surface area contributed by atoms with Crippen LogP contribution in [0.25, 0.3) is 0 Å². The predicted octanol–water partition coefficient (Wildman–Crippen LogP) is 1.38. The Labute approximate surface area is 157 Å². The Morgan fingerprint density at radius 1 is 1.11 bits per heavy atom. The molecule has 0 radical (unpaired) electrons. The first-order valence-corrected chi connectivity index (χ1v) is 9.31. The summed E-state index contributed by atoms with van der Waals surface area (Å²) in [6.07, 6.45) is 3.53. The average molecular weight is 371 g/mol. The minimum absolute atomic E-state index is 0.0387. The number of benzene rings is 1. The summed E-state index contributed by atoms with van der Waals surface area (Å²) in [5, 5.41) is 0. The van der Waals surface area contributed by atoms with Gasteiger partial charge in [0.15, 0.2) is 0 Å². The molecule has 1 amide bonds. The average Bonchev–Trinajstić information content (AvgIpc) is 2.68. The zero-order valence-corrected chi connectivity index (χ0v) is 15.3. The highest BCUT2D eigenvalue weighted by molar-refractivity contribution is 5.76. The maximum absolute atomic E-state index is 12.4. The third-order valence-electron chi connectivity index (χ3n) is 4.90. The number of aromatic amines is 1. The molecule has 0 unspecified atom stereocenters. The van der Waals surface area contributed by atoms with E-state index in [-0.39, 0.29) is 18.9 Å². The molecule has 2 aromatic rings. The highest BCUT2D eigenvalue weighted by atomic mass is 16.5. The van der Waals surface area contributed by atoms with Gasteiger partial charge in [-0.1, -0.05) is 30.3 Å². The van der Waals surface area contributed by atoms with E-state index in [4.69, 9.17) is 4.74 Å². The minimum Gasteiger partial charge on any atom is -0.376 e. The SMILES string of the molecule is O=C(CCn1ccc(=O)[nH]c1=O)N1CCC(COCc2ccccc2)CC1. The van der Waals surface area contributed by atoms with Crippen molar-refractivity contribution in [3.05, 3.63) is 69.0 Å². The molecule has 2 heterocycles. The quantitative estimate of drug-likeness (QED) is 0.797. The van der Waals surface area contributed by atoms with Gasteiger partial charge in [0.25, 0.3) is 5.56 Å². The number of aromatic nitrogens is 2. The second kappa shape index (κ2) is 9.32. The number of hydrogen-bond donors (Lipinski definition) is 1. The zero-order chi connectivity index (χ0) is 19.1. The molecule has 7 nitrogen and oxygen atoms in total. The van der Waals surface area contributed by atoms with Gasteiger partial charge in [0, 0.05) is 44.9 Å². The van der Waals surface area contributed by atoms with E-state index in [2.05, 4.69) is 17.1 Å². The van der Waals surface area contributed by atoms with Crippen molar-refractivity contribution in [2.45, 2.75) is 32.4 Å². The monoisotopic (exact) mass is 371 g/mol. The number of H-pyrrole nitrogens is 1. The molecule has 1 N–H and O–H groups in total. The molecule has 0 saturated carbocycles. The van der Waals surface area contributed by atoms with E-state index in [1.54, 1.807) is 0 Å². The Bertz CT molecular complexity index is 851. The Kier molecular flexibility index (Phi) is 6.59. The van der Waals surface area contributed by atoms with E-state index >= 15 is 0 Å². The van der Waals surface area contributed by atoms with Crippen molar-refractivity contribution in [2.24, 2.45) is 5.92 Å². The zero-order valence-electron chi connectivity index (χ0n) is 15.3. The van der Waals surface area contributed by atoms with E-state index < -0.39 is 11.2 Å². The molecule has 144 valence electrons. The molecule has 0 spiro atoms. The van der Waals surface area contributed by atoms with Crippen LogP contribution in [0.1, 0.15) is 24.8 Å². The number of ether oxygens (including phenoxy) is 1. The van der Waals surface area contributed by atoms with Gasteiger partial charge in [0.05, 0.1) is 6.61 Å². The summed E-state index contributed by atoms with van der Waals surface area (Å²) in [5.74, 6) is 0.510. The second-order valence-electron chi connectivity index (χ2n) is 6.88. The summed E-state index contributed by atoms with van der Waals surface area (Å²) in [6, 6.07) is 11.4. The van der Waals surface area contributed by atoms with Crippen LogP contribution in [0.2, 0.25) is 0 Å². The van der Waals surface area contributed by atoms with Gasteiger partial charge in [-0.3, -0.25) is 14.6 Å². The lowest BCUT2D eigenvalue weighted by Gasteiger charge is -2.32. The minimum atomic E-state index is -0.482. The van der Waals surface area contributed by atoms with Gasteiger partial charge in [-0.25, -0.2) is 4.79 Å². The number of amides is 1. The topological polar surface area (TPSA) is 84.4 Å². The molecule has 1 aromatic carbocycles. The van der Waals surface area contributed by atoms with Crippen molar-refractivity contribution >= 4 is 5.91 Å². The molecule has 1 fully saturated rings. The van der Waals surface area contributed by atoms with E-state index in [0.29, 0.717) is 19.1 Å². The molecular weight excluding hydrogens is 346 g/mol. The first kappa shape index (κ1) is 19.1. The lowest BCUT2D eigenvalue weighted by atomic mass is 9.97. The molecule has 0 bridgehead atoms. The van der Waals surface area contributed by atoms with Crippen LogP contribution in [0.3, 0.4) is 0 Å². The first-order valence-electron chi connectivity index (χ1n) is 9.31. The van der Waals surface area contributed by atoms with Crippen LogP contribution >= 0.6 is 0 Å². The maximum Gasteiger partial charge on any atom is 0.328 e. The molecule has 1 aliphatic heterocycles. The first-order chi connectivity index (χ1) is 13.1. The van der Waals surface area contributed by atoms with Crippen LogP contribution in [-0.4, -0.2) is 40.1 Å². The van der Waals surface area contributed by atoms with Gasteiger partial charge in [-0.15, -0.1) is 0 Å². The number of hydrogen-bond acceptors (Lipinski definition) is 4. The maximum atomic E-state index is 12.4. The number of carbonyl (C=O) groups is 1. The van der Waals surface area contributed by atoms with Crippen LogP contribution < -0.4 is 11.2 Å². The summed E-state index contributed by atoms with van der Waals surface area (Å²) in [5.41, 5.74) is 0.256. The lowest BCUT2D eigenvalue weighted by Crippen LogP contribution is -2.40. The molecule has 3 rings (SSSR count). The molecule has 27 heavy (non-hydrogen) atoms. The number of piperidine rings is 1. The van der Waals surface area contributed by atoms with E-state index in [1.807, 2.05) is 23.1 Å². The number of carbonyl (C=O) groups excluding carboxylic acids is 1. The number of likely N-dealkylation sites (tertiary alicyclic amines) is 1. The number of nitrogens with one attached hydrogen (secondary N) is 1. The molecule has 7 heteroatoms. The summed E-state index contributed by atoms with van der Waals surface area (Å²) >= 11 is 0. The van der Waals surface area contributed by atoms with Crippen molar-refractivity contribution < 1.29 is 9.53 Å². The van der Waals surface area contributed by atoms with E-state index in [9.17, 15) is 14.4 Å². The van der Waals surface area contributed by atoms with Gasteiger partial charge >= 0.3 is 5.69 Å². The van der Waals surface area contributed by atoms with Crippen molar-refractivity contribution in [3.63, 3.8) is 0 Å². The molecule has 1 saturated heterocycles. The summed E-state index contributed by atoms with van der Waals surface area (Å²) < 4.78 is 7.16. The van der Waals surface area contributed by atoms with Gasteiger partial charge in [0.1, 0.15) is 0 Å². The Balaban J connectivity index is 1.37. The fourth-order valence-corrected chi connectivity index (χ4v) is 3.26. The number of rotatable bonds is 7. The third kappa shape index (κ3) is 5.65. The molecule has 0 atom stereocenters. The fraction of sp³-hybridized carbons (Fsp3) is 0.450. The number of nitrogens with zero attached hydrogens (tertiary/aromatic N) is 2. The van der Waals surface area contributed by atoms with Crippen LogP contribution in [0.4, 0.5) is 0 Å². The van der Waals surface area contributed by atoms with Gasteiger partial charge in [-0.05, 0) is 24.3 Å². The molecule has 1 aromatic heterocycles. The van der Waals surface area contributed by atoms with Gasteiger partial charge < -0.3 is 14.2 Å². The number of aryl methyl sites for hydroxylation is 1. The summed E-state index contributed by atoms with van der Waals surface area (Å²) in [6.45, 7) is 3.05. The lowest BCUT2D eigenvalue weighted by molar-refractivity contribution is -0.133. The van der Waals surface area contributed by atoms with Gasteiger partial charge in [0.2, 0.25) is 5.91 Å². The van der Waals surface area contributed by atoms with Crippen molar-refractivity contribution in [2.75, 3.05) is 19.7 Å². The fourth-order valence-electron chi connectivity index (χ4n) is 3.26. The highest BCUT2D eigenvalue weighted by Crippen LogP contribution is 2.18. The van der Waals surface area contributed by atoms with E-state index in [0.717, 1.165) is 25.9 Å². The molecule has 0 aliphatic carbocycles. The van der Waals surface area contributed by atoms with Crippen LogP contribution in [0.15, 0.2) is 52.2 Å². The standard InChI is InChI=1S/C20H25N3O4/c24-18-8-12-23(20(26)21-18)13-9-19(25)22-10-6-17(7-11-22)15-27-14-16-4-2-1-3-5-16/h1-5,8,12,17H,6-7,9-11,13-15H2,(H,21,24,26). The Morgan fingerprint density at radius 2 is 1.85 bits per heavy atom. The molecule has 1 aliphatic rings. The predicted molar refractivity (Wildman–Crippen MR) is 101 cm³/mol.